The van der Waals surface area contributed by atoms with Crippen LogP contribution in [0.3, 0.4) is 0 Å². The zero-order chi connectivity index (χ0) is 15.5. The highest BCUT2D eigenvalue weighted by Crippen LogP contribution is 2.71. The Morgan fingerprint density at radius 1 is 1.10 bits per heavy atom. The van der Waals surface area contributed by atoms with Gasteiger partial charge in [-0.15, -0.1) is 0 Å². The lowest BCUT2D eigenvalue weighted by atomic mass is 9.65. The van der Waals surface area contributed by atoms with Crippen LogP contribution < -0.4 is 0 Å². The van der Waals surface area contributed by atoms with Gasteiger partial charge in [-0.25, -0.2) is 4.39 Å². The topological polar surface area (TPSA) is 3.24 Å². The number of allylic oxidation sites excluding steroid dienone is 2. The van der Waals surface area contributed by atoms with E-state index >= 15 is 4.39 Å². The monoisotopic (exact) mass is 293 g/mol. The fourth-order valence-corrected chi connectivity index (χ4v) is 5.52. The fraction of sp³-hybridized carbons (Fsp3) is 0.895. The molecule has 0 radical (unpaired) electrons. The second-order valence-electron chi connectivity index (χ2n) is 8.47. The van der Waals surface area contributed by atoms with E-state index in [1.54, 1.807) is 5.57 Å². The van der Waals surface area contributed by atoms with Crippen LogP contribution in [0.2, 0.25) is 0 Å². The fourth-order valence-electron chi connectivity index (χ4n) is 5.52. The van der Waals surface area contributed by atoms with Crippen LogP contribution >= 0.6 is 0 Å². The van der Waals surface area contributed by atoms with Crippen molar-refractivity contribution in [3.63, 3.8) is 0 Å². The van der Waals surface area contributed by atoms with Crippen LogP contribution in [0, 0.1) is 29.1 Å². The van der Waals surface area contributed by atoms with Gasteiger partial charge in [0.25, 0.3) is 0 Å². The summed E-state index contributed by atoms with van der Waals surface area (Å²) in [6, 6.07) is 0.466. The second-order valence-corrected chi connectivity index (χ2v) is 8.47. The molecule has 3 aliphatic rings. The molecule has 0 aromatic rings. The molecule has 3 rings (SSSR count). The molecule has 1 aliphatic heterocycles. The number of piperidine rings is 1. The van der Waals surface area contributed by atoms with Crippen molar-refractivity contribution >= 4 is 0 Å². The third-order valence-corrected chi connectivity index (χ3v) is 6.36. The SMILES string of the molecule is CC(C)C1=C(C(C)C)[C@]2(CCN(C(C)C)C[C@@H]2F)[C@H]2C[C@@H]12. The average molecular weight is 293 g/mol. The Labute approximate surface area is 130 Å². The molecule has 0 aromatic heterocycles. The predicted molar refractivity (Wildman–Crippen MR) is 87.0 cm³/mol. The highest BCUT2D eigenvalue weighted by molar-refractivity contribution is 5.43. The lowest BCUT2D eigenvalue weighted by Gasteiger charge is -2.48. The van der Waals surface area contributed by atoms with Crippen LogP contribution in [0.1, 0.15) is 54.4 Å². The van der Waals surface area contributed by atoms with Crippen LogP contribution in [0.25, 0.3) is 0 Å². The number of hydrogen-bond acceptors (Lipinski definition) is 1. The summed E-state index contributed by atoms with van der Waals surface area (Å²) in [5, 5.41) is 0. The standard InChI is InChI=1S/C19H32FN/c1-11(2)17-14-9-15(14)19(18(17)12(3)4)7-8-21(13(5)6)10-16(19)20/h11-16H,7-10H2,1-6H3/t14-,15+,16+,19-/m1/s1. The third-order valence-electron chi connectivity index (χ3n) is 6.36. The normalized spacial score (nSPS) is 40.0. The molecule has 0 aromatic carbocycles. The Balaban J connectivity index is 1.98. The Morgan fingerprint density at radius 2 is 1.76 bits per heavy atom. The van der Waals surface area contributed by atoms with Gasteiger partial charge in [-0.3, -0.25) is 4.90 Å². The molecule has 21 heavy (non-hydrogen) atoms. The molecule has 0 amide bonds. The number of hydrogen-bond donors (Lipinski definition) is 0. The van der Waals surface area contributed by atoms with E-state index in [0.29, 0.717) is 36.3 Å². The number of fused-ring (bicyclic) bond motifs is 2. The Kier molecular flexibility index (Phi) is 3.75. The van der Waals surface area contributed by atoms with Gasteiger partial charge in [0, 0.05) is 18.0 Å². The Bertz CT molecular complexity index is 450. The molecule has 0 N–H and O–H groups in total. The van der Waals surface area contributed by atoms with E-state index in [0.717, 1.165) is 13.0 Å². The second kappa shape index (κ2) is 5.08. The minimum atomic E-state index is -0.669. The first-order valence-corrected chi connectivity index (χ1v) is 8.93. The Morgan fingerprint density at radius 3 is 2.24 bits per heavy atom. The molecule has 1 saturated carbocycles. The number of rotatable bonds is 3. The van der Waals surface area contributed by atoms with Crippen LogP contribution in [-0.2, 0) is 0 Å². The molecular formula is C19H32FN. The number of halogens is 1. The summed E-state index contributed by atoms with van der Waals surface area (Å²) in [5.41, 5.74) is 3.05. The minimum absolute atomic E-state index is 0.107. The number of alkyl halides is 1. The van der Waals surface area contributed by atoms with E-state index in [1.165, 1.54) is 12.0 Å². The van der Waals surface area contributed by atoms with Crippen molar-refractivity contribution in [1.82, 2.24) is 4.90 Å². The third kappa shape index (κ3) is 2.12. The van der Waals surface area contributed by atoms with Gasteiger partial charge in [0.15, 0.2) is 0 Å². The summed E-state index contributed by atoms with van der Waals surface area (Å²) in [5.74, 6) is 2.43. The first-order chi connectivity index (χ1) is 9.80. The van der Waals surface area contributed by atoms with Crippen molar-refractivity contribution in [2.75, 3.05) is 13.1 Å². The molecule has 1 heterocycles. The lowest BCUT2D eigenvalue weighted by Crippen LogP contribution is -2.53. The molecule has 2 aliphatic carbocycles. The summed E-state index contributed by atoms with van der Waals surface area (Å²) in [4.78, 5) is 2.33. The van der Waals surface area contributed by atoms with E-state index in [2.05, 4.69) is 46.4 Å². The van der Waals surface area contributed by atoms with Gasteiger partial charge in [-0.1, -0.05) is 38.8 Å². The largest absolute Gasteiger partial charge is 0.298 e. The van der Waals surface area contributed by atoms with Gasteiger partial charge in [0.1, 0.15) is 6.17 Å². The van der Waals surface area contributed by atoms with E-state index in [9.17, 15) is 0 Å². The van der Waals surface area contributed by atoms with Crippen molar-refractivity contribution in [1.29, 1.82) is 0 Å². The van der Waals surface area contributed by atoms with Crippen LogP contribution in [0.4, 0.5) is 4.39 Å². The first-order valence-electron chi connectivity index (χ1n) is 8.93. The quantitative estimate of drug-likeness (QED) is 0.683. The van der Waals surface area contributed by atoms with E-state index in [-0.39, 0.29) is 5.41 Å². The lowest BCUT2D eigenvalue weighted by molar-refractivity contribution is 0.00184. The molecule has 2 fully saturated rings. The zero-order valence-corrected chi connectivity index (χ0v) is 14.6. The van der Waals surface area contributed by atoms with Crippen molar-refractivity contribution in [2.45, 2.75) is 66.6 Å². The molecule has 0 unspecified atom stereocenters. The van der Waals surface area contributed by atoms with Gasteiger partial charge >= 0.3 is 0 Å². The molecule has 1 spiro atoms. The summed E-state index contributed by atoms with van der Waals surface area (Å²) < 4.78 is 15.4. The maximum atomic E-state index is 15.4. The maximum absolute atomic E-state index is 15.4. The summed E-state index contributed by atoms with van der Waals surface area (Å²) in [7, 11) is 0. The maximum Gasteiger partial charge on any atom is 0.122 e. The highest BCUT2D eigenvalue weighted by Gasteiger charge is 2.66. The summed E-state index contributed by atoms with van der Waals surface area (Å²) in [6.45, 7) is 15.3. The molecule has 0 bridgehead atoms. The van der Waals surface area contributed by atoms with E-state index < -0.39 is 6.17 Å². The predicted octanol–water partition coefficient (Wildman–Crippen LogP) is 4.68. The molecule has 1 saturated heterocycles. The molecule has 1 nitrogen and oxygen atoms in total. The molecule has 2 heteroatoms. The number of nitrogens with zero attached hydrogens (tertiary/aromatic N) is 1. The zero-order valence-electron chi connectivity index (χ0n) is 14.6. The van der Waals surface area contributed by atoms with Crippen LogP contribution in [0.5, 0.6) is 0 Å². The molecular weight excluding hydrogens is 261 g/mol. The van der Waals surface area contributed by atoms with Crippen LogP contribution in [0.15, 0.2) is 11.1 Å². The van der Waals surface area contributed by atoms with E-state index in [1.807, 2.05) is 0 Å². The van der Waals surface area contributed by atoms with Gasteiger partial charge < -0.3 is 0 Å². The smallest absolute Gasteiger partial charge is 0.122 e. The number of likely N-dealkylation sites (tertiary alicyclic amines) is 1. The van der Waals surface area contributed by atoms with Gasteiger partial charge in [-0.05, 0) is 56.9 Å². The van der Waals surface area contributed by atoms with E-state index in [4.69, 9.17) is 0 Å². The van der Waals surface area contributed by atoms with Crippen molar-refractivity contribution in [2.24, 2.45) is 29.1 Å². The minimum Gasteiger partial charge on any atom is -0.298 e. The summed E-state index contributed by atoms with van der Waals surface area (Å²) >= 11 is 0. The van der Waals surface area contributed by atoms with Gasteiger partial charge in [0.05, 0.1) is 0 Å². The van der Waals surface area contributed by atoms with Gasteiger partial charge in [-0.2, -0.15) is 0 Å². The van der Waals surface area contributed by atoms with Crippen LogP contribution in [-0.4, -0.2) is 30.2 Å². The highest BCUT2D eigenvalue weighted by atomic mass is 19.1. The molecule has 120 valence electrons. The summed E-state index contributed by atoms with van der Waals surface area (Å²) in [6.07, 6.45) is 1.63. The van der Waals surface area contributed by atoms with Crippen molar-refractivity contribution in [3.05, 3.63) is 11.1 Å². The first kappa shape index (κ1) is 15.5. The van der Waals surface area contributed by atoms with Crippen molar-refractivity contribution < 1.29 is 4.39 Å². The molecule has 4 atom stereocenters. The Hall–Kier alpha value is -0.370. The van der Waals surface area contributed by atoms with Crippen molar-refractivity contribution in [3.8, 4) is 0 Å². The average Bonchev–Trinajstić information content (AvgIpc) is 3.11. The van der Waals surface area contributed by atoms with Gasteiger partial charge in [0.2, 0.25) is 0 Å².